The van der Waals surface area contributed by atoms with Gasteiger partial charge in [0.25, 0.3) is 0 Å². The van der Waals surface area contributed by atoms with E-state index in [1.807, 2.05) is 66.6 Å². The molecule has 3 aliphatic rings. The van der Waals surface area contributed by atoms with E-state index >= 15 is 0 Å². The number of nitrogens with one attached hydrogen (secondary N) is 1. The zero-order valence-electron chi connectivity index (χ0n) is 21.5. The van der Waals surface area contributed by atoms with Gasteiger partial charge in [-0.1, -0.05) is 42.1 Å². The minimum atomic E-state index is -0.471. The van der Waals surface area contributed by atoms with E-state index in [9.17, 15) is 9.59 Å². The zero-order chi connectivity index (χ0) is 26.6. The van der Waals surface area contributed by atoms with Gasteiger partial charge in [0.2, 0.25) is 12.7 Å². The summed E-state index contributed by atoms with van der Waals surface area (Å²) in [6.45, 7) is 4.83. The first kappa shape index (κ1) is 25.9. The third kappa shape index (κ3) is 5.27. The van der Waals surface area contributed by atoms with Crippen molar-refractivity contribution in [1.29, 1.82) is 0 Å². The van der Waals surface area contributed by atoms with Crippen molar-refractivity contribution < 1.29 is 28.5 Å². The van der Waals surface area contributed by atoms with E-state index in [1.54, 1.807) is 7.11 Å². The number of carbonyl (C=O) groups is 2. The van der Waals surface area contributed by atoms with E-state index in [2.05, 4.69) is 5.32 Å². The van der Waals surface area contributed by atoms with Crippen molar-refractivity contribution in [3.63, 3.8) is 0 Å². The Morgan fingerprint density at radius 3 is 2.76 bits per heavy atom. The van der Waals surface area contributed by atoms with E-state index in [1.165, 1.54) is 11.8 Å². The largest absolute Gasteiger partial charge is 0.460 e. The Bertz CT molecular complexity index is 1350. The summed E-state index contributed by atoms with van der Waals surface area (Å²) in [4.78, 5) is 33.0. The third-order valence-electron chi connectivity index (χ3n) is 6.49. The summed E-state index contributed by atoms with van der Waals surface area (Å²) < 4.78 is 21.4. The Balaban J connectivity index is 1.36. The molecule has 1 amide bonds. The second-order valence-corrected chi connectivity index (χ2v) is 9.86. The summed E-state index contributed by atoms with van der Waals surface area (Å²) in [7, 11) is 1.56. The van der Waals surface area contributed by atoms with E-state index in [0.717, 1.165) is 27.6 Å². The minimum absolute atomic E-state index is 0.129. The molecule has 2 aromatic carbocycles. The Hall–Kier alpha value is -3.76. The maximum atomic E-state index is 13.3. The molecule has 3 aliphatic heterocycles. The van der Waals surface area contributed by atoms with Crippen LogP contribution in [-0.4, -0.2) is 49.1 Å². The van der Waals surface area contributed by atoms with Crippen LogP contribution in [0.3, 0.4) is 0 Å². The SMILES string of the molecule is COCCOC(=O)C1=C(C)N=C2SC=C(CC(=O)NCc3ccc4c(c3)OCO4)N2C1c1ccccc1C. The molecule has 10 heteroatoms. The maximum Gasteiger partial charge on any atom is 0.338 e. The predicted molar refractivity (Wildman–Crippen MR) is 143 cm³/mol. The van der Waals surface area contributed by atoms with Crippen LogP contribution in [0.15, 0.2) is 69.8 Å². The molecule has 1 atom stereocenters. The van der Waals surface area contributed by atoms with Gasteiger partial charge >= 0.3 is 5.97 Å². The van der Waals surface area contributed by atoms with E-state index < -0.39 is 12.0 Å². The van der Waals surface area contributed by atoms with Crippen molar-refractivity contribution in [3.05, 3.63) is 81.5 Å². The molecule has 9 nitrogen and oxygen atoms in total. The Labute approximate surface area is 225 Å². The smallest absolute Gasteiger partial charge is 0.338 e. The lowest BCUT2D eigenvalue weighted by Crippen LogP contribution is -2.38. The number of hydrogen-bond acceptors (Lipinski definition) is 9. The molecule has 0 radical (unpaired) electrons. The minimum Gasteiger partial charge on any atom is -0.460 e. The molecule has 0 bridgehead atoms. The lowest BCUT2D eigenvalue weighted by molar-refractivity contribution is -0.141. The molecule has 38 heavy (non-hydrogen) atoms. The zero-order valence-corrected chi connectivity index (χ0v) is 22.3. The number of allylic oxidation sites excluding steroid dienone is 1. The first-order chi connectivity index (χ1) is 18.5. The fraction of sp³-hybridized carbons (Fsp3) is 0.321. The molecule has 1 unspecified atom stereocenters. The van der Waals surface area contributed by atoms with Crippen LogP contribution < -0.4 is 14.8 Å². The van der Waals surface area contributed by atoms with E-state index in [-0.39, 0.29) is 25.7 Å². The van der Waals surface area contributed by atoms with Crippen molar-refractivity contribution in [1.82, 2.24) is 10.2 Å². The molecule has 5 rings (SSSR count). The molecule has 198 valence electrons. The van der Waals surface area contributed by atoms with Gasteiger partial charge in [-0.25, -0.2) is 9.79 Å². The number of benzene rings is 2. The highest BCUT2D eigenvalue weighted by atomic mass is 32.2. The fourth-order valence-corrected chi connectivity index (χ4v) is 5.56. The average Bonchev–Trinajstić information content (AvgIpc) is 3.53. The highest BCUT2D eigenvalue weighted by Crippen LogP contribution is 2.45. The van der Waals surface area contributed by atoms with Crippen molar-refractivity contribution in [2.45, 2.75) is 32.9 Å². The van der Waals surface area contributed by atoms with Crippen molar-refractivity contribution in [2.24, 2.45) is 4.99 Å². The van der Waals surface area contributed by atoms with Crippen LogP contribution in [0.2, 0.25) is 0 Å². The Morgan fingerprint density at radius 1 is 1.13 bits per heavy atom. The normalized spacial score (nSPS) is 17.7. The Morgan fingerprint density at radius 2 is 1.95 bits per heavy atom. The van der Waals surface area contributed by atoms with Gasteiger partial charge in [-0.2, -0.15) is 0 Å². The molecule has 0 aliphatic carbocycles. The number of fused-ring (bicyclic) bond motifs is 2. The topological polar surface area (TPSA) is 98.7 Å². The van der Waals surface area contributed by atoms with Crippen molar-refractivity contribution in [2.75, 3.05) is 27.1 Å². The third-order valence-corrected chi connectivity index (χ3v) is 7.38. The summed E-state index contributed by atoms with van der Waals surface area (Å²) in [6.07, 6.45) is 0.129. The van der Waals surface area contributed by atoms with Crippen molar-refractivity contribution in [3.8, 4) is 11.5 Å². The standard InChI is InChI=1S/C28H29N3O6S/c1-17-6-4-5-7-21(17)26-25(27(33)35-11-10-34-3)18(2)30-28-31(26)20(15-38-28)13-24(32)29-14-19-8-9-22-23(12-19)37-16-36-22/h4-9,12,15,26H,10-11,13-14,16H2,1-3H3,(H,29,32). The number of aryl methyl sites for hydroxylation is 1. The lowest BCUT2D eigenvalue weighted by Gasteiger charge is -2.37. The molecule has 3 heterocycles. The Kier molecular flexibility index (Phi) is 7.71. The summed E-state index contributed by atoms with van der Waals surface area (Å²) in [6, 6.07) is 13.0. The number of thioether (sulfide) groups is 1. The number of methoxy groups -OCH3 is 1. The van der Waals surface area contributed by atoms with Crippen molar-refractivity contribution >= 4 is 28.8 Å². The molecule has 1 N–H and O–H groups in total. The second kappa shape index (κ2) is 11.3. The number of carbonyl (C=O) groups excluding carboxylic acids is 2. The van der Waals surface area contributed by atoms with Gasteiger partial charge in [0.15, 0.2) is 16.7 Å². The quantitative estimate of drug-likeness (QED) is 0.377. The number of ether oxygens (including phenoxy) is 4. The summed E-state index contributed by atoms with van der Waals surface area (Å²) in [5, 5.41) is 5.64. The highest BCUT2D eigenvalue weighted by molar-refractivity contribution is 8.16. The highest BCUT2D eigenvalue weighted by Gasteiger charge is 2.41. The van der Waals surface area contributed by atoms with Gasteiger partial charge in [-0.3, -0.25) is 4.79 Å². The monoisotopic (exact) mass is 535 g/mol. The number of nitrogens with zero attached hydrogens (tertiary/aromatic N) is 2. The first-order valence-electron chi connectivity index (χ1n) is 12.3. The fourth-order valence-electron chi connectivity index (χ4n) is 4.59. The molecule has 0 saturated heterocycles. The number of rotatable bonds is 9. The van der Waals surface area contributed by atoms with Gasteiger partial charge in [0, 0.05) is 19.4 Å². The van der Waals surface area contributed by atoms with Crippen LogP contribution in [0, 0.1) is 6.92 Å². The molecule has 0 saturated carbocycles. The number of aliphatic imine (C=N–C) groups is 1. The van der Waals surface area contributed by atoms with Gasteiger partial charge in [-0.15, -0.1) is 0 Å². The van der Waals surface area contributed by atoms with Gasteiger partial charge in [-0.05, 0) is 48.1 Å². The van der Waals surface area contributed by atoms with Crippen LogP contribution in [-0.2, 0) is 25.6 Å². The molecule has 2 aromatic rings. The predicted octanol–water partition coefficient (Wildman–Crippen LogP) is 4.19. The van der Waals surface area contributed by atoms with Crippen LogP contribution in [0.4, 0.5) is 0 Å². The molecule has 0 spiro atoms. The molecule has 0 aromatic heterocycles. The maximum absolute atomic E-state index is 13.3. The molecule has 0 fully saturated rings. The summed E-state index contributed by atoms with van der Waals surface area (Å²) in [5.41, 5.74) is 4.70. The van der Waals surface area contributed by atoms with E-state index in [0.29, 0.717) is 35.9 Å². The number of hydrogen-bond donors (Lipinski definition) is 1. The van der Waals surface area contributed by atoms with Gasteiger partial charge in [0.05, 0.1) is 30.3 Å². The van der Waals surface area contributed by atoms with Crippen LogP contribution in [0.5, 0.6) is 11.5 Å². The summed E-state index contributed by atoms with van der Waals surface area (Å²) >= 11 is 1.44. The van der Waals surface area contributed by atoms with Gasteiger partial charge in [0.1, 0.15) is 6.61 Å². The lowest BCUT2D eigenvalue weighted by atomic mass is 9.91. The van der Waals surface area contributed by atoms with Crippen LogP contribution in [0.25, 0.3) is 0 Å². The van der Waals surface area contributed by atoms with Crippen LogP contribution in [0.1, 0.15) is 36.1 Å². The molecular weight excluding hydrogens is 506 g/mol. The molecular formula is C28H29N3O6S. The second-order valence-electron chi connectivity index (χ2n) is 9.02. The number of amidine groups is 1. The average molecular weight is 536 g/mol. The number of esters is 1. The van der Waals surface area contributed by atoms with E-state index in [4.69, 9.17) is 23.9 Å². The van der Waals surface area contributed by atoms with Gasteiger partial charge < -0.3 is 29.2 Å². The van der Waals surface area contributed by atoms with Crippen LogP contribution >= 0.6 is 11.8 Å². The first-order valence-corrected chi connectivity index (χ1v) is 13.2. The summed E-state index contributed by atoms with van der Waals surface area (Å²) in [5.74, 6) is 0.787. The number of amides is 1.